The topological polar surface area (TPSA) is 23.8 Å². The van der Waals surface area contributed by atoms with E-state index >= 15 is 0 Å². The molecule has 2 heteroatoms. The van der Waals surface area contributed by atoms with Gasteiger partial charge in [-0.05, 0) is 42.0 Å². The number of hydrogen-bond acceptors (Lipinski definition) is 1. The lowest BCUT2D eigenvalue weighted by Gasteiger charge is -2.12. The normalized spacial score (nSPS) is 17.5. The zero-order valence-corrected chi connectivity index (χ0v) is 10.6. The predicted octanol–water partition coefficient (Wildman–Crippen LogP) is 4.13. The molecule has 0 aliphatic heterocycles. The fourth-order valence-electron chi connectivity index (χ4n) is 1.81. The van der Waals surface area contributed by atoms with Gasteiger partial charge in [0.05, 0.1) is 11.5 Å². The van der Waals surface area contributed by atoms with Gasteiger partial charge in [0.2, 0.25) is 0 Å². The minimum absolute atomic E-state index is 0.173. The molecule has 1 aromatic rings. The fourth-order valence-corrected chi connectivity index (χ4v) is 2.32. The third-order valence-electron chi connectivity index (χ3n) is 3.10. The zero-order chi connectivity index (χ0) is 11.1. The second-order valence-electron chi connectivity index (χ2n) is 4.62. The molecule has 1 aliphatic carbocycles. The van der Waals surface area contributed by atoms with Crippen LogP contribution in [-0.4, -0.2) is 0 Å². The molecule has 0 saturated heterocycles. The molecule has 1 fully saturated rings. The third kappa shape index (κ3) is 1.94. The van der Waals surface area contributed by atoms with E-state index in [4.69, 9.17) is 5.26 Å². The van der Waals surface area contributed by atoms with Gasteiger partial charge in [0.1, 0.15) is 0 Å². The Balaban J connectivity index is 2.46. The van der Waals surface area contributed by atoms with Gasteiger partial charge in [-0.25, -0.2) is 0 Å². The summed E-state index contributed by atoms with van der Waals surface area (Å²) in [5, 5.41) is 9.17. The largest absolute Gasteiger partial charge is 0.197 e. The van der Waals surface area contributed by atoms with Gasteiger partial charge in [-0.2, -0.15) is 5.26 Å². The fraction of sp³-hybridized carbons (Fsp3) is 0.462. The van der Waals surface area contributed by atoms with Crippen LogP contribution in [0.4, 0.5) is 0 Å². The summed E-state index contributed by atoms with van der Waals surface area (Å²) in [5.74, 6) is 0.510. The lowest BCUT2D eigenvalue weighted by atomic mass is 9.93. The molecule has 0 amide bonds. The highest BCUT2D eigenvalue weighted by Crippen LogP contribution is 2.48. The second-order valence-corrected chi connectivity index (χ2v) is 5.54. The van der Waals surface area contributed by atoms with Gasteiger partial charge < -0.3 is 0 Å². The van der Waals surface area contributed by atoms with Gasteiger partial charge >= 0.3 is 0 Å². The van der Waals surface area contributed by atoms with Crippen LogP contribution in [0, 0.1) is 11.3 Å². The molecule has 15 heavy (non-hydrogen) atoms. The van der Waals surface area contributed by atoms with Crippen LogP contribution < -0.4 is 0 Å². The molecule has 2 rings (SSSR count). The van der Waals surface area contributed by atoms with Crippen molar-refractivity contribution in [3.63, 3.8) is 0 Å². The van der Waals surface area contributed by atoms with Crippen molar-refractivity contribution in [2.75, 3.05) is 0 Å². The summed E-state index contributed by atoms with van der Waals surface area (Å²) in [6.45, 7) is 4.36. The molecular formula is C13H14BrN. The summed E-state index contributed by atoms with van der Waals surface area (Å²) in [5.41, 5.74) is 2.32. The SMILES string of the molecule is CC(C)c1cc(Br)cc(C2(C#N)CC2)c1. The average molecular weight is 264 g/mol. The maximum Gasteiger partial charge on any atom is 0.0824 e. The van der Waals surface area contributed by atoms with Crippen molar-refractivity contribution in [2.24, 2.45) is 0 Å². The number of hydrogen-bond donors (Lipinski definition) is 0. The van der Waals surface area contributed by atoms with Gasteiger partial charge in [0.15, 0.2) is 0 Å². The van der Waals surface area contributed by atoms with E-state index in [0.29, 0.717) is 5.92 Å². The Hall–Kier alpha value is -0.810. The van der Waals surface area contributed by atoms with Gasteiger partial charge in [-0.1, -0.05) is 35.8 Å². The van der Waals surface area contributed by atoms with Crippen molar-refractivity contribution < 1.29 is 0 Å². The summed E-state index contributed by atoms with van der Waals surface area (Å²) >= 11 is 3.52. The van der Waals surface area contributed by atoms with Crippen LogP contribution in [0.25, 0.3) is 0 Å². The molecule has 1 aromatic carbocycles. The highest BCUT2D eigenvalue weighted by molar-refractivity contribution is 9.10. The number of nitrogens with zero attached hydrogens (tertiary/aromatic N) is 1. The molecule has 0 radical (unpaired) electrons. The Morgan fingerprint density at radius 3 is 2.47 bits per heavy atom. The number of nitriles is 1. The minimum atomic E-state index is -0.173. The molecular weight excluding hydrogens is 250 g/mol. The first-order chi connectivity index (χ1) is 7.07. The Morgan fingerprint density at radius 1 is 1.33 bits per heavy atom. The minimum Gasteiger partial charge on any atom is -0.197 e. The van der Waals surface area contributed by atoms with Crippen molar-refractivity contribution in [3.8, 4) is 6.07 Å². The van der Waals surface area contributed by atoms with E-state index in [9.17, 15) is 0 Å². The van der Waals surface area contributed by atoms with Gasteiger partial charge in [-0.15, -0.1) is 0 Å². The van der Waals surface area contributed by atoms with Gasteiger partial charge in [0.25, 0.3) is 0 Å². The van der Waals surface area contributed by atoms with Crippen LogP contribution in [-0.2, 0) is 5.41 Å². The molecule has 0 N–H and O–H groups in total. The van der Waals surface area contributed by atoms with Gasteiger partial charge in [-0.3, -0.25) is 0 Å². The monoisotopic (exact) mass is 263 g/mol. The maximum absolute atomic E-state index is 9.17. The lowest BCUT2D eigenvalue weighted by Crippen LogP contribution is -2.03. The highest BCUT2D eigenvalue weighted by atomic mass is 79.9. The Labute approximate surface area is 99.2 Å². The van der Waals surface area contributed by atoms with Crippen molar-refractivity contribution in [3.05, 3.63) is 33.8 Å². The second kappa shape index (κ2) is 3.64. The molecule has 0 spiro atoms. The molecule has 78 valence electrons. The summed E-state index contributed by atoms with van der Waals surface area (Å²) in [7, 11) is 0. The Morgan fingerprint density at radius 2 is 2.00 bits per heavy atom. The van der Waals surface area contributed by atoms with Crippen molar-refractivity contribution in [1.29, 1.82) is 5.26 Å². The van der Waals surface area contributed by atoms with E-state index < -0.39 is 0 Å². The standard InChI is InChI=1S/C13H14BrN/c1-9(2)10-5-11(7-12(14)6-10)13(8-15)3-4-13/h5-7,9H,3-4H2,1-2H3. The number of halogens is 1. The average Bonchev–Trinajstić information content (AvgIpc) is 2.97. The van der Waals surface area contributed by atoms with E-state index in [1.165, 1.54) is 11.1 Å². The first-order valence-corrected chi connectivity index (χ1v) is 6.09. The van der Waals surface area contributed by atoms with Crippen molar-refractivity contribution >= 4 is 15.9 Å². The number of rotatable bonds is 2. The zero-order valence-electron chi connectivity index (χ0n) is 9.05. The van der Waals surface area contributed by atoms with Crippen molar-refractivity contribution in [1.82, 2.24) is 0 Å². The van der Waals surface area contributed by atoms with Crippen molar-refractivity contribution in [2.45, 2.75) is 38.0 Å². The van der Waals surface area contributed by atoms with Crippen LogP contribution >= 0.6 is 15.9 Å². The molecule has 0 unspecified atom stereocenters. The quantitative estimate of drug-likeness (QED) is 0.787. The maximum atomic E-state index is 9.17. The molecule has 0 aromatic heterocycles. The third-order valence-corrected chi connectivity index (χ3v) is 3.56. The lowest BCUT2D eigenvalue weighted by molar-refractivity contribution is 0.845. The summed E-state index contributed by atoms with van der Waals surface area (Å²) in [6.07, 6.45) is 2.02. The molecule has 1 saturated carbocycles. The first kappa shape index (κ1) is 10.7. The highest BCUT2D eigenvalue weighted by Gasteiger charge is 2.45. The molecule has 1 nitrogen and oxygen atoms in total. The van der Waals surface area contributed by atoms with Crippen LogP contribution in [0.3, 0.4) is 0 Å². The summed E-state index contributed by atoms with van der Waals surface area (Å²) < 4.78 is 1.09. The summed E-state index contributed by atoms with van der Waals surface area (Å²) in [6, 6.07) is 8.85. The predicted molar refractivity (Wildman–Crippen MR) is 64.8 cm³/mol. The smallest absolute Gasteiger partial charge is 0.0824 e. The Kier molecular flexibility index (Phi) is 2.60. The first-order valence-electron chi connectivity index (χ1n) is 5.30. The van der Waals surface area contributed by atoms with Crippen LogP contribution in [0.2, 0.25) is 0 Å². The Bertz CT molecular complexity index is 425. The van der Waals surface area contributed by atoms with Crippen LogP contribution in [0.1, 0.15) is 43.7 Å². The van der Waals surface area contributed by atoms with Crippen LogP contribution in [0.5, 0.6) is 0 Å². The van der Waals surface area contributed by atoms with E-state index in [1.54, 1.807) is 0 Å². The van der Waals surface area contributed by atoms with E-state index in [-0.39, 0.29) is 5.41 Å². The molecule has 0 bridgehead atoms. The van der Waals surface area contributed by atoms with E-state index in [0.717, 1.165) is 17.3 Å². The molecule has 0 atom stereocenters. The molecule has 1 aliphatic rings. The molecule has 0 heterocycles. The van der Waals surface area contributed by atoms with E-state index in [1.807, 2.05) is 0 Å². The number of benzene rings is 1. The van der Waals surface area contributed by atoms with Crippen LogP contribution in [0.15, 0.2) is 22.7 Å². The summed E-state index contributed by atoms with van der Waals surface area (Å²) in [4.78, 5) is 0. The van der Waals surface area contributed by atoms with Gasteiger partial charge in [0, 0.05) is 4.47 Å². The van der Waals surface area contributed by atoms with E-state index in [2.05, 4.69) is 54.0 Å².